The van der Waals surface area contributed by atoms with Crippen LogP contribution in [0.25, 0.3) is 0 Å². The molecular weight excluding hydrogens is 387 g/mol. The minimum absolute atomic E-state index is 0.0216. The Kier molecular flexibility index (Phi) is 7.38. The lowest BCUT2D eigenvalue weighted by Crippen LogP contribution is -2.35. The van der Waals surface area contributed by atoms with Crippen molar-refractivity contribution in [2.75, 3.05) is 0 Å². The van der Waals surface area contributed by atoms with Crippen LogP contribution in [0.15, 0.2) is 47.6 Å². The summed E-state index contributed by atoms with van der Waals surface area (Å²) < 4.78 is 14.8. The molecule has 0 spiro atoms. The van der Waals surface area contributed by atoms with Crippen molar-refractivity contribution in [1.29, 1.82) is 0 Å². The highest BCUT2D eigenvalue weighted by molar-refractivity contribution is 5.38. The molecule has 0 aromatic carbocycles. The van der Waals surface area contributed by atoms with Gasteiger partial charge in [-0.15, -0.1) is 0 Å². The zero-order valence-corrected chi connectivity index (χ0v) is 20.2. The zero-order chi connectivity index (χ0) is 23.0. The van der Waals surface area contributed by atoms with Gasteiger partial charge in [-0.05, 0) is 85.7 Å². The normalized spacial score (nSPS) is 40.0. The van der Waals surface area contributed by atoms with Crippen LogP contribution in [-0.4, -0.2) is 28.1 Å². The highest BCUT2D eigenvalue weighted by Gasteiger charge is 2.50. The maximum absolute atomic E-state index is 14.8. The molecule has 174 valence electrons. The van der Waals surface area contributed by atoms with Crippen LogP contribution in [-0.2, 0) is 0 Å². The lowest BCUT2D eigenvalue weighted by Gasteiger charge is -2.44. The van der Waals surface area contributed by atoms with Crippen molar-refractivity contribution in [1.82, 2.24) is 0 Å². The molecule has 0 radical (unpaired) electrons. The van der Waals surface area contributed by atoms with Gasteiger partial charge in [-0.25, -0.2) is 4.39 Å². The van der Waals surface area contributed by atoms with Gasteiger partial charge < -0.3 is 10.2 Å². The Labute approximate surface area is 189 Å². The van der Waals surface area contributed by atoms with Crippen LogP contribution in [0.5, 0.6) is 0 Å². The summed E-state index contributed by atoms with van der Waals surface area (Å²) in [4.78, 5) is 0. The van der Waals surface area contributed by atoms with Crippen LogP contribution in [0.3, 0.4) is 0 Å². The molecule has 3 aliphatic carbocycles. The number of fused-ring (bicyclic) bond motifs is 1. The molecule has 3 aliphatic rings. The third-order valence-electron chi connectivity index (χ3n) is 8.79. The van der Waals surface area contributed by atoms with Gasteiger partial charge in [-0.1, -0.05) is 64.2 Å². The van der Waals surface area contributed by atoms with Crippen LogP contribution >= 0.6 is 0 Å². The van der Waals surface area contributed by atoms with Crippen molar-refractivity contribution < 1.29 is 14.6 Å². The van der Waals surface area contributed by atoms with E-state index in [2.05, 4.69) is 38.7 Å². The van der Waals surface area contributed by atoms with Gasteiger partial charge in [-0.2, -0.15) is 0 Å². The molecule has 3 heteroatoms. The van der Waals surface area contributed by atoms with Crippen LogP contribution in [0, 0.1) is 29.1 Å². The summed E-state index contributed by atoms with van der Waals surface area (Å²) in [7, 11) is 0. The molecule has 3 fully saturated rings. The van der Waals surface area contributed by atoms with E-state index in [0.717, 1.165) is 17.6 Å². The average Bonchev–Trinajstić information content (AvgIpc) is 3.05. The largest absolute Gasteiger partial charge is 0.393 e. The lowest BCUT2D eigenvalue weighted by atomic mass is 9.61. The Hall–Kier alpha value is -1.19. The molecule has 2 unspecified atom stereocenters. The summed E-state index contributed by atoms with van der Waals surface area (Å²) in [5, 5.41) is 20.2. The Morgan fingerprint density at radius 2 is 1.90 bits per heavy atom. The van der Waals surface area contributed by atoms with Crippen LogP contribution in [0.4, 0.5) is 4.39 Å². The van der Waals surface area contributed by atoms with E-state index in [1.165, 1.54) is 31.3 Å². The average molecular weight is 431 g/mol. The number of aliphatic hydroxyl groups excluding tert-OH is 2. The van der Waals surface area contributed by atoms with Crippen molar-refractivity contribution in [3.8, 4) is 0 Å². The minimum Gasteiger partial charge on any atom is -0.393 e. The summed E-state index contributed by atoms with van der Waals surface area (Å²) in [6.07, 6.45) is 14.0. The Morgan fingerprint density at radius 1 is 1.19 bits per heavy atom. The molecular formula is C28H43FO2. The Balaban J connectivity index is 1.78. The van der Waals surface area contributed by atoms with Crippen LogP contribution < -0.4 is 0 Å². The highest BCUT2D eigenvalue weighted by atomic mass is 19.1. The second-order valence-electron chi connectivity index (χ2n) is 11.2. The van der Waals surface area contributed by atoms with Crippen molar-refractivity contribution in [2.45, 2.75) is 97.4 Å². The summed E-state index contributed by atoms with van der Waals surface area (Å²) in [6.45, 7) is 14.3. The molecule has 7 atom stereocenters. The molecule has 0 heterocycles. The number of hydrogen-bond donors (Lipinski definition) is 2. The predicted molar refractivity (Wildman–Crippen MR) is 127 cm³/mol. The first-order chi connectivity index (χ1) is 14.5. The number of allylic oxidation sites excluding steroid dienone is 5. The Bertz CT molecular complexity index is 759. The van der Waals surface area contributed by atoms with Gasteiger partial charge in [-0.3, -0.25) is 0 Å². The van der Waals surface area contributed by atoms with E-state index >= 15 is 0 Å². The van der Waals surface area contributed by atoms with E-state index in [4.69, 9.17) is 0 Å². The first-order valence-corrected chi connectivity index (χ1v) is 12.3. The van der Waals surface area contributed by atoms with E-state index in [9.17, 15) is 14.6 Å². The van der Waals surface area contributed by atoms with Crippen molar-refractivity contribution in [2.24, 2.45) is 29.1 Å². The summed E-state index contributed by atoms with van der Waals surface area (Å²) in [6, 6.07) is 0. The quantitative estimate of drug-likeness (QED) is 0.476. The predicted octanol–water partition coefficient (Wildman–Crippen LogP) is 6.70. The third-order valence-corrected chi connectivity index (χ3v) is 8.79. The highest BCUT2D eigenvalue weighted by Crippen LogP contribution is 2.59. The van der Waals surface area contributed by atoms with Crippen LogP contribution in [0.2, 0.25) is 0 Å². The second-order valence-corrected chi connectivity index (χ2v) is 11.2. The van der Waals surface area contributed by atoms with Gasteiger partial charge in [0.25, 0.3) is 0 Å². The van der Waals surface area contributed by atoms with Crippen molar-refractivity contribution in [3.05, 3.63) is 47.6 Å². The molecule has 0 aromatic rings. The Morgan fingerprint density at radius 3 is 2.58 bits per heavy atom. The molecule has 0 amide bonds. The summed E-state index contributed by atoms with van der Waals surface area (Å²) in [5.41, 5.74) is 2.23. The van der Waals surface area contributed by atoms with Crippen molar-refractivity contribution >= 4 is 0 Å². The van der Waals surface area contributed by atoms with E-state index in [0.29, 0.717) is 30.6 Å². The maximum atomic E-state index is 14.8. The number of alkyl halides is 1. The first kappa shape index (κ1) is 24.5. The van der Waals surface area contributed by atoms with Gasteiger partial charge in [0.2, 0.25) is 0 Å². The molecule has 3 rings (SSSR count). The van der Waals surface area contributed by atoms with E-state index in [-0.39, 0.29) is 11.3 Å². The topological polar surface area (TPSA) is 40.5 Å². The van der Waals surface area contributed by atoms with Gasteiger partial charge in [0.1, 0.15) is 5.67 Å². The number of halogens is 1. The first-order valence-electron chi connectivity index (χ1n) is 12.3. The molecule has 2 nitrogen and oxygen atoms in total. The molecule has 0 saturated heterocycles. The standard InChI is InChI=1S/C28H43FO2/c1-18(2)28(6,29)15-13-19(3)24-11-12-25-21(8-7-14-27(24,25)5)9-10-22-16-23(30)17-26(31)20(22)4/h9-10,13,15,18-19,23-26,30-31H,4,7-8,11-12,14,16-17H2,1-3,5-6H3/b15-13+,21-9?,22-10?/t19-,23-,24-,25?,26?,27-,28-/m1/s1. The molecule has 0 aliphatic heterocycles. The maximum Gasteiger partial charge on any atom is 0.128 e. The number of rotatable bonds is 5. The van der Waals surface area contributed by atoms with E-state index in [1.807, 2.05) is 13.8 Å². The van der Waals surface area contributed by atoms with E-state index < -0.39 is 17.9 Å². The molecule has 3 saturated carbocycles. The van der Waals surface area contributed by atoms with E-state index in [1.54, 1.807) is 13.0 Å². The van der Waals surface area contributed by atoms with Gasteiger partial charge >= 0.3 is 0 Å². The molecule has 0 bridgehead atoms. The third kappa shape index (κ3) is 5.09. The monoisotopic (exact) mass is 430 g/mol. The summed E-state index contributed by atoms with van der Waals surface area (Å²) >= 11 is 0. The SMILES string of the molecule is C=C1C(=CC=C2CCC[C@@]3(C)C2CC[C@@H]3[C@H](C)/C=C/[C@@](C)(F)C(C)C)C[C@@H](O)CC1O. The fraction of sp³-hybridized carbons (Fsp3) is 0.714. The smallest absolute Gasteiger partial charge is 0.128 e. The van der Waals surface area contributed by atoms with Crippen molar-refractivity contribution in [3.63, 3.8) is 0 Å². The fourth-order valence-corrected chi connectivity index (χ4v) is 6.27. The van der Waals surface area contributed by atoms with Gasteiger partial charge in [0.15, 0.2) is 0 Å². The molecule has 2 N–H and O–H groups in total. The second kappa shape index (κ2) is 9.35. The lowest BCUT2D eigenvalue weighted by molar-refractivity contribution is 0.0862. The zero-order valence-electron chi connectivity index (χ0n) is 20.2. The molecule has 0 aromatic heterocycles. The van der Waals surface area contributed by atoms with Gasteiger partial charge in [0, 0.05) is 6.42 Å². The van der Waals surface area contributed by atoms with Crippen LogP contribution in [0.1, 0.15) is 79.6 Å². The fourth-order valence-electron chi connectivity index (χ4n) is 6.27. The number of hydrogen-bond acceptors (Lipinski definition) is 2. The number of aliphatic hydroxyl groups is 2. The minimum atomic E-state index is -1.26. The molecule has 31 heavy (non-hydrogen) atoms. The van der Waals surface area contributed by atoms with Gasteiger partial charge in [0.05, 0.1) is 12.2 Å². The summed E-state index contributed by atoms with van der Waals surface area (Å²) in [5.74, 6) is 1.48.